The first kappa shape index (κ1) is 20.5. The molecule has 150 valence electrons. The van der Waals surface area contributed by atoms with Crippen LogP contribution < -0.4 is 9.47 Å². The Labute approximate surface area is 172 Å². The van der Waals surface area contributed by atoms with Gasteiger partial charge in [0.2, 0.25) is 0 Å². The van der Waals surface area contributed by atoms with Gasteiger partial charge in [0.1, 0.15) is 0 Å². The Balaban J connectivity index is 1.73. The van der Waals surface area contributed by atoms with Crippen LogP contribution in [0.4, 0.5) is 5.69 Å². The number of nitro groups is 1. The van der Waals surface area contributed by atoms with Gasteiger partial charge < -0.3 is 9.47 Å². The van der Waals surface area contributed by atoms with Gasteiger partial charge in [0.05, 0.1) is 17.6 Å². The predicted octanol–water partition coefficient (Wildman–Crippen LogP) is 4.72. The maximum Gasteiger partial charge on any atom is 0.343 e. The fraction of sp³-hybridized carbons (Fsp3) is 0.0435. The van der Waals surface area contributed by atoms with E-state index in [9.17, 15) is 19.7 Å². The first-order valence-electron chi connectivity index (χ1n) is 8.90. The quantitative estimate of drug-likeness (QED) is 0.141. The van der Waals surface area contributed by atoms with Crippen LogP contribution in [0.2, 0.25) is 0 Å². The van der Waals surface area contributed by atoms with Gasteiger partial charge in [-0.1, -0.05) is 42.5 Å². The highest BCUT2D eigenvalue weighted by molar-refractivity contribution is 6.06. The van der Waals surface area contributed by atoms with Crippen LogP contribution in [0.25, 0.3) is 6.08 Å². The molecule has 3 aromatic rings. The summed E-state index contributed by atoms with van der Waals surface area (Å²) in [6.07, 6.45) is 3.09. The standard InChI is InChI=1S/C23H17NO6/c1-29-22-15-16(7-13-20(25)17-5-3-2-4-6-17)8-14-21(22)30-23(26)18-9-11-19(12-10-18)24(27)28/h2-15H,1H3. The molecule has 0 amide bonds. The number of benzene rings is 3. The van der Waals surface area contributed by atoms with Gasteiger partial charge in [-0.2, -0.15) is 0 Å². The van der Waals surface area contributed by atoms with E-state index in [4.69, 9.17) is 9.47 Å². The molecule has 7 nitrogen and oxygen atoms in total. The van der Waals surface area contributed by atoms with E-state index in [1.54, 1.807) is 48.5 Å². The SMILES string of the molecule is COc1cc(C=CC(=O)c2ccccc2)ccc1OC(=O)c1ccc([N+](=O)[O-])cc1. The van der Waals surface area contributed by atoms with Gasteiger partial charge in [-0.15, -0.1) is 0 Å². The molecule has 0 aliphatic rings. The summed E-state index contributed by atoms with van der Waals surface area (Å²) < 4.78 is 10.6. The molecular weight excluding hydrogens is 386 g/mol. The Bertz CT molecular complexity index is 1100. The van der Waals surface area contributed by atoms with Crippen LogP contribution in [0.15, 0.2) is 78.9 Å². The smallest absolute Gasteiger partial charge is 0.343 e. The Hall–Kier alpha value is -4.26. The normalized spacial score (nSPS) is 10.6. The fourth-order valence-electron chi connectivity index (χ4n) is 2.62. The minimum Gasteiger partial charge on any atom is -0.493 e. The van der Waals surface area contributed by atoms with E-state index >= 15 is 0 Å². The van der Waals surface area contributed by atoms with Gasteiger partial charge in [-0.25, -0.2) is 4.79 Å². The topological polar surface area (TPSA) is 95.7 Å². The van der Waals surface area contributed by atoms with Crippen LogP contribution in [0.5, 0.6) is 11.5 Å². The minimum atomic E-state index is -0.675. The molecule has 0 aliphatic heterocycles. The first-order chi connectivity index (χ1) is 14.5. The number of ketones is 1. The summed E-state index contributed by atoms with van der Waals surface area (Å²) in [6, 6.07) is 18.8. The summed E-state index contributed by atoms with van der Waals surface area (Å²) in [7, 11) is 1.43. The lowest BCUT2D eigenvalue weighted by atomic mass is 10.1. The zero-order valence-corrected chi connectivity index (χ0v) is 16.0. The van der Waals surface area contributed by atoms with Gasteiger partial charge >= 0.3 is 5.97 Å². The molecular formula is C23H17NO6. The number of esters is 1. The number of allylic oxidation sites excluding steroid dienone is 1. The highest BCUT2D eigenvalue weighted by Crippen LogP contribution is 2.29. The lowest BCUT2D eigenvalue weighted by molar-refractivity contribution is -0.384. The summed E-state index contributed by atoms with van der Waals surface area (Å²) >= 11 is 0. The molecule has 30 heavy (non-hydrogen) atoms. The molecule has 0 N–H and O–H groups in total. The number of carbonyl (C=O) groups is 2. The van der Waals surface area contributed by atoms with Crippen molar-refractivity contribution in [3.05, 3.63) is 106 Å². The number of non-ortho nitro benzene ring substituents is 1. The van der Waals surface area contributed by atoms with Crippen LogP contribution >= 0.6 is 0 Å². The second-order valence-corrected chi connectivity index (χ2v) is 6.17. The monoisotopic (exact) mass is 403 g/mol. The van der Waals surface area contributed by atoms with E-state index in [-0.39, 0.29) is 22.8 Å². The third-order valence-corrected chi connectivity index (χ3v) is 4.19. The van der Waals surface area contributed by atoms with Crippen LogP contribution in [-0.2, 0) is 0 Å². The number of rotatable bonds is 7. The van der Waals surface area contributed by atoms with Crippen molar-refractivity contribution >= 4 is 23.5 Å². The predicted molar refractivity (Wildman–Crippen MR) is 111 cm³/mol. The number of hydrogen-bond donors (Lipinski definition) is 0. The highest BCUT2D eigenvalue weighted by Gasteiger charge is 2.14. The third-order valence-electron chi connectivity index (χ3n) is 4.19. The molecule has 3 rings (SSSR count). The number of nitro benzene ring substituents is 1. The van der Waals surface area contributed by atoms with Crippen molar-refractivity contribution < 1.29 is 24.0 Å². The van der Waals surface area contributed by atoms with Crippen LogP contribution in [0, 0.1) is 10.1 Å². The van der Waals surface area contributed by atoms with Crippen molar-refractivity contribution in [3.8, 4) is 11.5 Å². The highest BCUT2D eigenvalue weighted by atomic mass is 16.6. The Morgan fingerprint density at radius 2 is 1.60 bits per heavy atom. The second kappa shape index (κ2) is 9.29. The molecule has 0 radical (unpaired) electrons. The molecule has 0 atom stereocenters. The molecule has 0 saturated heterocycles. The number of nitrogens with zero attached hydrogens (tertiary/aromatic N) is 1. The Morgan fingerprint density at radius 1 is 0.900 bits per heavy atom. The molecule has 0 unspecified atom stereocenters. The van der Waals surface area contributed by atoms with Crippen molar-refractivity contribution in [3.63, 3.8) is 0 Å². The molecule has 0 bridgehead atoms. The van der Waals surface area contributed by atoms with Crippen molar-refractivity contribution in [2.75, 3.05) is 7.11 Å². The summed E-state index contributed by atoms with van der Waals surface area (Å²) in [5.41, 5.74) is 1.31. The first-order valence-corrected chi connectivity index (χ1v) is 8.90. The van der Waals surface area contributed by atoms with E-state index in [2.05, 4.69) is 0 Å². The zero-order valence-electron chi connectivity index (χ0n) is 16.0. The largest absolute Gasteiger partial charge is 0.493 e. The van der Waals surface area contributed by atoms with E-state index in [1.807, 2.05) is 6.07 Å². The molecule has 0 fully saturated rings. The van der Waals surface area contributed by atoms with Crippen LogP contribution in [-0.4, -0.2) is 23.8 Å². The average molecular weight is 403 g/mol. The van der Waals surface area contributed by atoms with E-state index < -0.39 is 10.9 Å². The van der Waals surface area contributed by atoms with Gasteiger partial charge in [-0.05, 0) is 35.9 Å². The number of ether oxygens (including phenoxy) is 2. The van der Waals surface area contributed by atoms with Gasteiger partial charge in [0, 0.05) is 17.7 Å². The van der Waals surface area contributed by atoms with Gasteiger partial charge in [0.25, 0.3) is 5.69 Å². The maximum absolute atomic E-state index is 12.3. The molecule has 0 heterocycles. The zero-order chi connectivity index (χ0) is 21.5. The van der Waals surface area contributed by atoms with Gasteiger partial charge in [-0.3, -0.25) is 14.9 Å². The van der Waals surface area contributed by atoms with Crippen LogP contribution in [0.1, 0.15) is 26.3 Å². The minimum absolute atomic E-state index is 0.120. The molecule has 7 heteroatoms. The lowest BCUT2D eigenvalue weighted by Crippen LogP contribution is -2.09. The Morgan fingerprint density at radius 3 is 2.23 bits per heavy atom. The average Bonchev–Trinajstić information content (AvgIpc) is 2.78. The Kier molecular flexibility index (Phi) is 6.34. The van der Waals surface area contributed by atoms with Crippen molar-refractivity contribution in [2.45, 2.75) is 0 Å². The van der Waals surface area contributed by atoms with Crippen molar-refractivity contribution in [1.29, 1.82) is 0 Å². The van der Waals surface area contributed by atoms with Gasteiger partial charge in [0.15, 0.2) is 17.3 Å². The van der Waals surface area contributed by atoms with E-state index in [0.29, 0.717) is 16.9 Å². The third kappa shape index (κ3) is 4.96. The number of carbonyl (C=O) groups excluding carboxylic acids is 2. The van der Waals surface area contributed by atoms with E-state index in [0.717, 1.165) is 0 Å². The summed E-state index contributed by atoms with van der Waals surface area (Å²) in [5.74, 6) is -0.319. The molecule has 0 spiro atoms. The lowest BCUT2D eigenvalue weighted by Gasteiger charge is -2.10. The molecule has 0 saturated carbocycles. The fourth-order valence-corrected chi connectivity index (χ4v) is 2.62. The van der Waals surface area contributed by atoms with E-state index in [1.165, 1.54) is 37.5 Å². The molecule has 0 aliphatic carbocycles. The summed E-state index contributed by atoms with van der Waals surface area (Å²) in [5, 5.41) is 10.7. The second-order valence-electron chi connectivity index (χ2n) is 6.17. The van der Waals surface area contributed by atoms with Crippen molar-refractivity contribution in [2.24, 2.45) is 0 Å². The summed E-state index contributed by atoms with van der Waals surface area (Å²) in [6.45, 7) is 0. The van der Waals surface area contributed by atoms with Crippen LogP contribution in [0.3, 0.4) is 0 Å². The molecule has 0 aromatic heterocycles. The maximum atomic E-state index is 12.3. The number of methoxy groups -OCH3 is 1. The van der Waals surface area contributed by atoms with Crippen molar-refractivity contribution in [1.82, 2.24) is 0 Å². The summed E-state index contributed by atoms with van der Waals surface area (Å²) in [4.78, 5) is 34.7. The number of hydrogen-bond acceptors (Lipinski definition) is 6. The molecule has 3 aromatic carbocycles.